The molecule has 1 aliphatic rings. The quantitative estimate of drug-likeness (QED) is 0.788. The van der Waals surface area contributed by atoms with E-state index in [0.717, 1.165) is 37.3 Å². The Labute approximate surface area is 139 Å². The second kappa shape index (κ2) is 7.93. The van der Waals surface area contributed by atoms with Gasteiger partial charge >= 0.3 is 0 Å². The lowest BCUT2D eigenvalue weighted by atomic mass is 10.1. The van der Waals surface area contributed by atoms with E-state index in [1.165, 1.54) is 5.56 Å². The van der Waals surface area contributed by atoms with E-state index < -0.39 is 0 Å². The van der Waals surface area contributed by atoms with Crippen LogP contribution in [0.3, 0.4) is 0 Å². The molecule has 2 heterocycles. The smallest absolute Gasteiger partial charge is 0.223 e. The number of hydrogen-bond acceptors (Lipinski definition) is 4. The van der Waals surface area contributed by atoms with Crippen molar-refractivity contribution in [2.45, 2.75) is 39.2 Å². The predicted molar refractivity (Wildman–Crippen MR) is 90.5 cm³/mol. The molecule has 0 radical (unpaired) electrons. The lowest BCUT2D eigenvalue weighted by Crippen LogP contribution is -2.46. The van der Waals surface area contributed by atoms with Crippen molar-refractivity contribution in [3.8, 4) is 0 Å². The molecule has 6 heteroatoms. The lowest BCUT2D eigenvalue weighted by Gasteiger charge is -2.33. The van der Waals surface area contributed by atoms with Gasteiger partial charge in [0.05, 0.1) is 18.4 Å². The zero-order chi connectivity index (χ0) is 17.0. The van der Waals surface area contributed by atoms with E-state index in [-0.39, 0.29) is 12.0 Å². The van der Waals surface area contributed by atoms with Crippen LogP contribution >= 0.6 is 0 Å². The van der Waals surface area contributed by atoms with Crippen molar-refractivity contribution in [1.29, 1.82) is 0 Å². The van der Waals surface area contributed by atoms with Gasteiger partial charge in [0, 0.05) is 38.8 Å². The van der Waals surface area contributed by atoms with Crippen LogP contribution in [-0.4, -0.2) is 71.9 Å². The highest BCUT2D eigenvalue weighted by atomic mass is 16.5. The monoisotopic (exact) mass is 322 g/mol. The number of amides is 1. The minimum atomic E-state index is 0.164. The standard InChI is InChI=1S/C17H30N4O2/c1-13-16(14(2)20(5)18-13)6-7-17(22)21-10-11-23-15(12-21)8-9-19(3)4/h15H,6-12H2,1-5H3/t15-/m1/s1. The van der Waals surface area contributed by atoms with E-state index in [1.807, 2.05) is 23.6 Å². The summed E-state index contributed by atoms with van der Waals surface area (Å²) in [6.45, 7) is 7.14. The first-order valence-electron chi connectivity index (χ1n) is 8.41. The zero-order valence-electron chi connectivity index (χ0n) is 15.1. The molecule has 2 rings (SSSR count). The van der Waals surface area contributed by atoms with E-state index in [9.17, 15) is 4.79 Å². The maximum absolute atomic E-state index is 12.5. The van der Waals surface area contributed by atoms with E-state index in [1.54, 1.807) is 0 Å². The summed E-state index contributed by atoms with van der Waals surface area (Å²) < 4.78 is 7.67. The van der Waals surface area contributed by atoms with Gasteiger partial charge in [0.15, 0.2) is 0 Å². The van der Waals surface area contributed by atoms with Crippen LogP contribution in [0, 0.1) is 13.8 Å². The van der Waals surface area contributed by atoms with Crippen molar-refractivity contribution in [3.05, 3.63) is 17.0 Å². The lowest BCUT2D eigenvalue weighted by molar-refractivity contribution is -0.139. The maximum Gasteiger partial charge on any atom is 0.223 e. The van der Waals surface area contributed by atoms with E-state index in [4.69, 9.17) is 4.74 Å². The number of rotatable bonds is 6. The van der Waals surface area contributed by atoms with Gasteiger partial charge in [0.1, 0.15) is 0 Å². The van der Waals surface area contributed by atoms with Gasteiger partial charge in [0.25, 0.3) is 0 Å². The Hall–Kier alpha value is -1.40. The highest BCUT2D eigenvalue weighted by Crippen LogP contribution is 2.16. The van der Waals surface area contributed by atoms with Crippen molar-refractivity contribution in [2.75, 3.05) is 40.3 Å². The fourth-order valence-electron chi connectivity index (χ4n) is 3.09. The molecule has 0 unspecified atom stereocenters. The minimum absolute atomic E-state index is 0.164. The van der Waals surface area contributed by atoms with Crippen molar-refractivity contribution >= 4 is 5.91 Å². The molecular formula is C17H30N4O2. The van der Waals surface area contributed by atoms with Gasteiger partial charge in [-0.15, -0.1) is 0 Å². The number of aromatic nitrogens is 2. The third-order valence-electron chi connectivity index (χ3n) is 4.64. The molecule has 0 N–H and O–H groups in total. The first-order chi connectivity index (χ1) is 10.9. The molecule has 1 aromatic rings. The van der Waals surface area contributed by atoms with Gasteiger partial charge in [0.2, 0.25) is 5.91 Å². The average Bonchev–Trinajstić information content (AvgIpc) is 2.76. The number of aryl methyl sites for hydroxylation is 2. The first kappa shape index (κ1) is 17.9. The average molecular weight is 322 g/mol. The Morgan fingerprint density at radius 2 is 2.13 bits per heavy atom. The maximum atomic E-state index is 12.5. The number of carbonyl (C=O) groups excluding carboxylic acids is 1. The third-order valence-corrected chi connectivity index (χ3v) is 4.64. The molecule has 0 spiro atoms. The summed E-state index contributed by atoms with van der Waals surface area (Å²) in [6, 6.07) is 0. The first-order valence-corrected chi connectivity index (χ1v) is 8.41. The van der Waals surface area contributed by atoms with E-state index >= 15 is 0 Å². The Bertz CT molecular complexity index is 539. The number of nitrogens with zero attached hydrogens (tertiary/aromatic N) is 4. The number of ether oxygens (including phenoxy) is 1. The van der Waals surface area contributed by atoms with Crippen molar-refractivity contribution in [2.24, 2.45) is 7.05 Å². The van der Waals surface area contributed by atoms with Crippen LogP contribution in [0.1, 0.15) is 29.8 Å². The summed E-state index contributed by atoms with van der Waals surface area (Å²) in [5, 5.41) is 4.42. The van der Waals surface area contributed by atoms with Gasteiger partial charge in [-0.25, -0.2) is 0 Å². The Morgan fingerprint density at radius 1 is 1.39 bits per heavy atom. The summed E-state index contributed by atoms with van der Waals surface area (Å²) >= 11 is 0. The number of carbonyl (C=O) groups is 1. The molecule has 130 valence electrons. The van der Waals surface area contributed by atoms with Crippen molar-refractivity contribution < 1.29 is 9.53 Å². The van der Waals surface area contributed by atoms with Crippen molar-refractivity contribution in [1.82, 2.24) is 19.6 Å². The molecule has 0 bridgehead atoms. The predicted octanol–water partition coefficient (Wildman–Crippen LogP) is 1.15. The zero-order valence-corrected chi connectivity index (χ0v) is 15.1. The van der Waals surface area contributed by atoms with Gasteiger partial charge in [-0.3, -0.25) is 9.48 Å². The van der Waals surface area contributed by atoms with E-state index in [0.29, 0.717) is 19.6 Å². The topological polar surface area (TPSA) is 50.6 Å². The fraction of sp³-hybridized carbons (Fsp3) is 0.765. The highest BCUT2D eigenvalue weighted by Gasteiger charge is 2.24. The second-order valence-electron chi connectivity index (χ2n) is 6.70. The third kappa shape index (κ3) is 4.78. The molecule has 23 heavy (non-hydrogen) atoms. The van der Waals surface area contributed by atoms with Gasteiger partial charge < -0.3 is 14.5 Å². The van der Waals surface area contributed by atoms with Crippen LogP contribution < -0.4 is 0 Å². The fourth-order valence-corrected chi connectivity index (χ4v) is 3.09. The van der Waals surface area contributed by atoms with E-state index in [2.05, 4.69) is 31.0 Å². The van der Waals surface area contributed by atoms with Crippen molar-refractivity contribution in [3.63, 3.8) is 0 Å². The van der Waals surface area contributed by atoms with Gasteiger partial charge in [-0.05, 0) is 46.3 Å². The summed E-state index contributed by atoms with van der Waals surface area (Å²) in [4.78, 5) is 16.6. The summed E-state index contributed by atoms with van der Waals surface area (Å²) in [5.41, 5.74) is 3.39. The van der Waals surface area contributed by atoms with Crippen LogP contribution in [0.15, 0.2) is 0 Å². The molecular weight excluding hydrogens is 292 g/mol. The van der Waals surface area contributed by atoms with Crippen LogP contribution in [0.25, 0.3) is 0 Å². The largest absolute Gasteiger partial charge is 0.374 e. The molecule has 1 aliphatic heterocycles. The molecule has 0 aliphatic carbocycles. The Morgan fingerprint density at radius 3 is 2.74 bits per heavy atom. The van der Waals surface area contributed by atoms with Crippen LogP contribution in [0.4, 0.5) is 0 Å². The normalized spacial score (nSPS) is 18.7. The van der Waals surface area contributed by atoms with Gasteiger partial charge in [-0.1, -0.05) is 0 Å². The Kier molecular flexibility index (Phi) is 6.18. The molecule has 1 fully saturated rings. The van der Waals surface area contributed by atoms with Crippen LogP contribution in [0.5, 0.6) is 0 Å². The molecule has 1 atom stereocenters. The number of hydrogen-bond donors (Lipinski definition) is 0. The minimum Gasteiger partial charge on any atom is -0.374 e. The second-order valence-corrected chi connectivity index (χ2v) is 6.70. The molecule has 1 aromatic heterocycles. The summed E-state index contributed by atoms with van der Waals surface area (Å²) in [6.07, 6.45) is 2.45. The summed E-state index contributed by atoms with van der Waals surface area (Å²) in [7, 11) is 6.07. The molecule has 6 nitrogen and oxygen atoms in total. The van der Waals surface area contributed by atoms with Crippen LogP contribution in [0.2, 0.25) is 0 Å². The number of morpholine rings is 1. The summed E-state index contributed by atoms with van der Waals surface area (Å²) in [5.74, 6) is 0.228. The Balaban J connectivity index is 1.85. The molecule has 1 saturated heterocycles. The molecule has 0 aromatic carbocycles. The van der Waals surface area contributed by atoms with Gasteiger partial charge in [-0.2, -0.15) is 5.10 Å². The van der Waals surface area contributed by atoms with Crippen LogP contribution in [-0.2, 0) is 23.0 Å². The molecule has 0 saturated carbocycles. The highest BCUT2D eigenvalue weighted by molar-refractivity contribution is 5.76. The molecule has 1 amide bonds. The SMILES string of the molecule is Cc1nn(C)c(C)c1CCC(=O)N1CCO[C@H](CCN(C)C)C1.